The number of nitrogen functional groups attached to an aromatic ring is 1. The van der Waals surface area contributed by atoms with Crippen LogP contribution in [0.5, 0.6) is 0 Å². The SMILES string of the molecule is CN(c1nc(N)nc2nc[nH]c12)C1CCS(=O)(=O)C1. The summed E-state index contributed by atoms with van der Waals surface area (Å²) in [5, 5.41) is 0. The average Bonchev–Trinajstić information content (AvgIpc) is 2.93. The summed E-state index contributed by atoms with van der Waals surface area (Å²) >= 11 is 0. The quantitative estimate of drug-likeness (QED) is 0.766. The minimum atomic E-state index is -2.94. The van der Waals surface area contributed by atoms with Crippen molar-refractivity contribution in [2.45, 2.75) is 12.5 Å². The van der Waals surface area contributed by atoms with Crippen LogP contribution in [-0.4, -0.2) is 52.9 Å². The van der Waals surface area contributed by atoms with E-state index < -0.39 is 9.84 Å². The Morgan fingerprint density at radius 1 is 1.47 bits per heavy atom. The molecule has 0 saturated carbocycles. The summed E-state index contributed by atoms with van der Waals surface area (Å²) in [6.45, 7) is 0. The van der Waals surface area contributed by atoms with Crippen LogP contribution in [0.25, 0.3) is 11.2 Å². The van der Waals surface area contributed by atoms with Gasteiger partial charge < -0.3 is 15.6 Å². The van der Waals surface area contributed by atoms with Crippen molar-refractivity contribution in [1.82, 2.24) is 19.9 Å². The normalized spacial score (nSPS) is 21.8. The summed E-state index contributed by atoms with van der Waals surface area (Å²) < 4.78 is 23.1. The number of nitrogens with one attached hydrogen (secondary N) is 1. The fourth-order valence-corrected chi connectivity index (χ4v) is 4.12. The molecule has 9 heteroatoms. The van der Waals surface area contributed by atoms with Gasteiger partial charge >= 0.3 is 0 Å². The van der Waals surface area contributed by atoms with Gasteiger partial charge in [0.25, 0.3) is 0 Å². The minimum Gasteiger partial charge on any atom is -0.368 e. The lowest BCUT2D eigenvalue weighted by molar-refractivity contribution is 0.600. The van der Waals surface area contributed by atoms with Crippen molar-refractivity contribution < 1.29 is 8.42 Å². The maximum atomic E-state index is 11.6. The summed E-state index contributed by atoms with van der Waals surface area (Å²) in [7, 11) is -1.13. The van der Waals surface area contributed by atoms with Crippen LogP contribution in [0.1, 0.15) is 6.42 Å². The molecule has 3 heterocycles. The summed E-state index contributed by atoms with van der Waals surface area (Å²) in [4.78, 5) is 17.0. The largest absolute Gasteiger partial charge is 0.368 e. The van der Waals surface area contributed by atoms with E-state index in [0.29, 0.717) is 23.4 Å². The van der Waals surface area contributed by atoms with E-state index in [0.717, 1.165) is 0 Å². The number of aromatic amines is 1. The maximum absolute atomic E-state index is 11.6. The van der Waals surface area contributed by atoms with Gasteiger partial charge in [-0.3, -0.25) is 0 Å². The molecule has 2 aromatic heterocycles. The van der Waals surface area contributed by atoms with Crippen molar-refractivity contribution in [3.63, 3.8) is 0 Å². The monoisotopic (exact) mass is 282 g/mol. The Morgan fingerprint density at radius 2 is 2.26 bits per heavy atom. The lowest BCUT2D eigenvalue weighted by atomic mass is 10.2. The molecule has 1 saturated heterocycles. The minimum absolute atomic E-state index is 0.0919. The first kappa shape index (κ1) is 12.2. The third-order valence-corrected chi connectivity index (χ3v) is 5.12. The summed E-state index contributed by atoms with van der Waals surface area (Å²) in [6, 6.07) is -0.0919. The summed E-state index contributed by atoms with van der Waals surface area (Å²) in [5.74, 6) is 1.07. The van der Waals surface area contributed by atoms with Crippen LogP contribution in [0.4, 0.5) is 11.8 Å². The standard InChI is InChI=1S/C10H14N6O2S/c1-16(6-2-3-19(17,18)4-6)9-7-8(13-5-12-7)14-10(11)15-9/h5-6H,2-4H2,1H3,(H3,11,12,13,14,15). The van der Waals surface area contributed by atoms with Crippen molar-refractivity contribution in [2.24, 2.45) is 0 Å². The van der Waals surface area contributed by atoms with E-state index >= 15 is 0 Å². The first-order valence-corrected chi connectivity index (χ1v) is 7.68. The van der Waals surface area contributed by atoms with Crippen molar-refractivity contribution in [1.29, 1.82) is 0 Å². The molecule has 0 aromatic carbocycles. The van der Waals surface area contributed by atoms with Crippen LogP contribution in [0, 0.1) is 0 Å². The first-order chi connectivity index (χ1) is 8.96. The second-order valence-corrected chi connectivity index (χ2v) is 6.90. The molecule has 1 aliphatic rings. The molecule has 3 N–H and O–H groups in total. The number of nitrogens with zero attached hydrogens (tertiary/aromatic N) is 4. The fourth-order valence-electron chi connectivity index (χ4n) is 2.34. The highest BCUT2D eigenvalue weighted by Crippen LogP contribution is 2.26. The van der Waals surface area contributed by atoms with Gasteiger partial charge in [-0.05, 0) is 6.42 Å². The van der Waals surface area contributed by atoms with Crippen molar-refractivity contribution >= 4 is 32.8 Å². The number of rotatable bonds is 2. The average molecular weight is 282 g/mol. The molecule has 1 unspecified atom stereocenters. The Labute approximate surface area is 110 Å². The van der Waals surface area contributed by atoms with Crippen molar-refractivity contribution in [2.75, 3.05) is 29.2 Å². The molecule has 0 bridgehead atoms. The molecule has 102 valence electrons. The van der Waals surface area contributed by atoms with Crippen molar-refractivity contribution in [3.8, 4) is 0 Å². The highest BCUT2D eigenvalue weighted by molar-refractivity contribution is 7.91. The summed E-state index contributed by atoms with van der Waals surface area (Å²) in [6.07, 6.45) is 2.11. The number of hydrogen-bond donors (Lipinski definition) is 2. The van der Waals surface area contributed by atoms with Crippen LogP contribution in [0.2, 0.25) is 0 Å². The van der Waals surface area contributed by atoms with E-state index in [1.54, 1.807) is 0 Å². The highest BCUT2D eigenvalue weighted by Gasteiger charge is 2.32. The Hall–Kier alpha value is -1.90. The number of hydrogen-bond acceptors (Lipinski definition) is 7. The molecule has 3 rings (SSSR count). The van der Waals surface area contributed by atoms with Crippen LogP contribution in [0.15, 0.2) is 6.33 Å². The molecular formula is C10H14N6O2S. The smallest absolute Gasteiger partial charge is 0.224 e. The van der Waals surface area contributed by atoms with E-state index in [2.05, 4.69) is 19.9 Å². The van der Waals surface area contributed by atoms with Gasteiger partial charge in [0.15, 0.2) is 21.3 Å². The molecule has 1 atom stereocenters. The summed E-state index contributed by atoms with van der Waals surface area (Å²) in [5.41, 5.74) is 6.80. The van der Waals surface area contributed by atoms with Gasteiger partial charge in [-0.2, -0.15) is 9.97 Å². The van der Waals surface area contributed by atoms with Gasteiger partial charge in [-0.15, -0.1) is 0 Å². The zero-order valence-electron chi connectivity index (χ0n) is 10.4. The second kappa shape index (κ2) is 4.05. The van der Waals surface area contributed by atoms with E-state index in [9.17, 15) is 8.42 Å². The molecule has 8 nitrogen and oxygen atoms in total. The third-order valence-electron chi connectivity index (χ3n) is 3.37. The Kier molecular flexibility index (Phi) is 2.59. The topological polar surface area (TPSA) is 118 Å². The lowest BCUT2D eigenvalue weighted by Gasteiger charge is -2.24. The molecule has 0 aliphatic carbocycles. The van der Waals surface area contributed by atoms with Gasteiger partial charge in [0, 0.05) is 13.1 Å². The Balaban J connectivity index is 2.02. The Bertz CT molecular complexity index is 725. The van der Waals surface area contributed by atoms with Crippen molar-refractivity contribution in [3.05, 3.63) is 6.33 Å². The van der Waals surface area contributed by atoms with Crippen LogP contribution >= 0.6 is 0 Å². The van der Waals surface area contributed by atoms with Crippen LogP contribution in [0.3, 0.4) is 0 Å². The number of anilines is 2. The second-order valence-electron chi connectivity index (χ2n) is 4.67. The van der Waals surface area contributed by atoms with E-state index in [1.807, 2.05) is 11.9 Å². The molecule has 0 radical (unpaired) electrons. The molecule has 1 aliphatic heterocycles. The molecular weight excluding hydrogens is 268 g/mol. The predicted molar refractivity (Wildman–Crippen MR) is 71.6 cm³/mol. The van der Waals surface area contributed by atoms with E-state index in [4.69, 9.17) is 5.73 Å². The predicted octanol–water partition coefficient (Wildman–Crippen LogP) is -0.442. The van der Waals surface area contributed by atoms with Gasteiger partial charge in [-0.1, -0.05) is 0 Å². The zero-order valence-corrected chi connectivity index (χ0v) is 11.2. The van der Waals surface area contributed by atoms with Gasteiger partial charge in [0.05, 0.1) is 17.8 Å². The number of nitrogens with two attached hydrogens (primary N) is 1. The third kappa shape index (κ3) is 2.09. The first-order valence-electron chi connectivity index (χ1n) is 5.86. The highest BCUT2D eigenvalue weighted by atomic mass is 32.2. The van der Waals surface area contributed by atoms with Gasteiger partial charge in [0.1, 0.15) is 5.52 Å². The molecule has 0 amide bonds. The number of imidazole rings is 1. The van der Waals surface area contributed by atoms with E-state index in [1.165, 1.54) is 6.33 Å². The van der Waals surface area contributed by atoms with E-state index in [-0.39, 0.29) is 23.5 Å². The molecule has 19 heavy (non-hydrogen) atoms. The number of H-pyrrole nitrogens is 1. The number of sulfone groups is 1. The number of aromatic nitrogens is 4. The molecule has 2 aromatic rings. The lowest BCUT2D eigenvalue weighted by Crippen LogP contribution is -2.33. The number of fused-ring (bicyclic) bond motifs is 1. The Morgan fingerprint density at radius 3 is 2.95 bits per heavy atom. The van der Waals surface area contributed by atoms with Crippen LogP contribution < -0.4 is 10.6 Å². The maximum Gasteiger partial charge on any atom is 0.224 e. The zero-order chi connectivity index (χ0) is 13.6. The molecule has 1 fully saturated rings. The van der Waals surface area contributed by atoms with Crippen LogP contribution in [-0.2, 0) is 9.84 Å². The van der Waals surface area contributed by atoms with Gasteiger partial charge in [0.2, 0.25) is 5.95 Å². The van der Waals surface area contributed by atoms with Gasteiger partial charge in [-0.25, -0.2) is 13.4 Å². The molecule has 0 spiro atoms. The fraction of sp³-hybridized carbons (Fsp3) is 0.500.